The minimum Gasteiger partial charge on any atom is -0.508 e. The lowest BCUT2D eigenvalue weighted by atomic mass is 10.0. The van der Waals surface area contributed by atoms with Crippen LogP contribution in [0, 0.1) is 0 Å². The second kappa shape index (κ2) is 6.34. The Morgan fingerprint density at radius 1 is 1.19 bits per heavy atom. The summed E-state index contributed by atoms with van der Waals surface area (Å²) in [5.41, 5.74) is 11.1. The number of thiocarbonyl (C=S) groups is 1. The van der Waals surface area contributed by atoms with Crippen LogP contribution in [0.25, 0.3) is 0 Å². The molecule has 0 bridgehead atoms. The number of phenolic OH excluding ortho intramolecular Hbond substituents is 2. The normalized spacial score (nSPS) is 19.0. The molecule has 0 amide bonds. The van der Waals surface area contributed by atoms with Crippen LogP contribution < -0.4 is 20.7 Å². The topological polar surface area (TPSA) is 71.0 Å². The van der Waals surface area contributed by atoms with Gasteiger partial charge in [-0.3, -0.25) is 10.3 Å². The number of likely N-dealkylation sites (N-methyl/N-ethyl adjacent to an activating group) is 1. The minimum atomic E-state index is -0.356. The molecule has 7 heteroatoms. The lowest BCUT2D eigenvalue weighted by molar-refractivity contribution is 0.433. The molecule has 2 aromatic carbocycles. The van der Waals surface area contributed by atoms with E-state index in [9.17, 15) is 10.2 Å². The van der Waals surface area contributed by atoms with E-state index < -0.39 is 0 Å². The number of nitrogens with zero attached hydrogens (tertiary/aromatic N) is 2. The van der Waals surface area contributed by atoms with E-state index >= 15 is 0 Å². The van der Waals surface area contributed by atoms with E-state index in [0.29, 0.717) is 17.1 Å². The van der Waals surface area contributed by atoms with Crippen LogP contribution in [0.1, 0.15) is 29.8 Å². The van der Waals surface area contributed by atoms with E-state index in [1.807, 2.05) is 24.0 Å². The number of aromatic hydroxyl groups is 2. The van der Waals surface area contributed by atoms with Crippen molar-refractivity contribution in [3.63, 3.8) is 0 Å². The fourth-order valence-corrected chi connectivity index (χ4v) is 3.97. The van der Waals surface area contributed by atoms with Crippen molar-refractivity contribution in [2.24, 2.45) is 0 Å². The molecule has 0 spiro atoms. The van der Waals surface area contributed by atoms with Gasteiger partial charge in [0.05, 0.1) is 0 Å². The van der Waals surface area contributed by atoms with Crippen LogP contribution in [0.15, 0.2) is 30.3 Å². The van der Waals surface area contributed by atoms with Gasteiger partial charge < -0.3 is 15.1 Å². The maximum Gasteiger partial charge on any atom is 0.189 e. The second-order valence-electron chi connectivity index (χ2n) is 6.72. The molecule has 0 aromatic heterocycles. The van der Waals surface area contributed by atoms with Gasteiger partial charge in [-0.2, -0.15) is 0 Å². The molecule has 4 N–H and O–H groups in total. The van der Waals surface area contributed by atoms with Crippen molar-refractivity contribution in [3.05, 3.63) is 47.0 Å². The number of benzene rings is 2. The average molecular weight is 370 g/mol. The molecular weight excluding hydrogens is 348 g/mol. The van der Waals surface area contributed by atoms with Crippen molar-refractivity contribution in [3.8, 4) is 11.5 Å². The number of nitrogens with one attached hydrogen (secondary N) is 2. The number of hydrogen-bond acceptors (Lipinski definition) is 5. The monoisotopic (exact) mass is 370 g/mol. The molecule has 2 heterocycles. The van der Waals surface area contributed by atoms with Crippen molar-refractivity contribution in [1.82, 2.24) is 10.9 Å². The highest BCUT2D eigenvalue weighted by atomic mass is 32.1. The molecule has 6 nitrogen and oxygen atoms in total. The third-order valence-electron chi connectivity index (χ3n) is 5.17. The summed E-state index contributed by atoms with van der Waals surface area (Å²) in [6, 6.07) is 9.54. The Labute approximate surface area is 158 Å². The fraction of sp³-hybridized carbons (Fsp3) is 0.316. The van der Waals surface area contributed by atoms with Crippen LogP contribution in [0.3, 0.4) is 0 Å². The van der Waals surface area contributed by atoms with Gasteiger partial charge in [-0.25, -0.2) is 5.43 Å². The maximum atomic E-state index is 10.4. The molecule has 2 aliphatic heterocycles. The van der Waals surface area contributed by atoms with Gasteiger partial charge >= 0.3 is 0 Å². The van der Waals surface area contributed by atoms with Crippen LogP contribution in [0.5, 0.6) is 11.5 Å². The number of anilines is 2. The van der Waals surface area contributed by atoms with Crippen LogP contribution in [0.2, 0.25) is 0 Å². The van der Waals surface area contributed by atoms with Gasteiger partial charge in [-0.15, -0.1) is 0 Å². The van der Waals surface area contributed by atoms with E-state index in [0.717, 1.165) is 24.2 Å². The predicted molar refractivity (Wildman–Crippen MR) is 107 cm³/mol. The van der Waals surface area contributed by atoms with Gasteiger partial charge in [0.25, 0.3) is 0 Å². The Balaban J connectivity index is 1.75. The van der Waals surface area contributed by atoms with E-state index in [1.54, 1.807) is 0 Å². The molecule has 136 valence electrons. The predicted octanol–water partition coefficient (Wildman–Crippen LogP) is 2.55. The zero-order valence-corrected chi connectivity index (χ0v) is 15.6. The smallest absolute Gasteiger partial charge is 0.189 e. The minimum absolute atomic E-state index is 0.0367. The quantitative estimate of drug-likeness (QED) is 0.619. The number of rotatable bonds is 3. The highest BCUT2D eigenvalue weighted by Crippen LogP contribution is 2.38. The Morgan fingerprint density at radius 2 is 2.00 bits per heavy atom. The summed E-state index contributed by atoms with van der Waals surface area (Å²) in [6.45, 7) is 2.98. The Hall–Kier alpha value is -2.51. The molecule has 0 saturated carbocycles. The Bertz CT molecular complexity index is 886. The SMILES string of the molecule is CCc1cc(C2NNC(=S)N2c2ccc3c(c2)CCN3C)c(O)cc1O. The lowest BCUT2D eigenvalue weighted by Gasteiger charge is -2.26. The molecule has 4 rings (SSSR count). The summed E-state index contributed by atoms with van der Waals surface area (Å²) < 4.78 is 0. The van der Waals surface area contributed by atoms with Crippen LogP contribution in [-0.4, -0.2) is 28.9 Å². The molecule has 0 radical (unpaired) electrons. The second-order valence-corrected chi connectivity index (χ2v) is 7.11. The molecular formula is C19H22N4O2S. The first-order chi connectivity index (χ1) is 12.5. The molecule has 1 unspecified atom stereocenters. The number of hydrogen-bond donors (Lipinski definition) is 4. The van der Waals surface area contributed by atoms with Gasteiger partial charge in [0.2, 0.25) is 0 Å². The number of fused-ring (bicyclic) bond motifs is 1. The van der Waals surface area contributed by atoms with Crippen LogP contribution >= 0.6 is 12.2 Å². The first kappa shape index (κ1) is 16.9. The summed E-state index contributed by atoms with van der Waals surface area (Å²) in [7, 11) is 2.10. The van der Waals surface area contributed by atoms with Gasteiger partial charge in [0.1, 0.15) is 17.7 Å². The molecule has 0 aliphatic carbocycles. The van der Waals surface area contributed by atoms with Crippen molar-refractivity contribution in [2.75, 3.05) is 23.4 Å². The van der Waals surface area contributed by atoms with E-state index in [-0.39, 0.29) is 17.7 Å². The molecule has 1 atom stereocenters. The van der Waals surface area contributed by atoms with Gasteiger partial charge in [-0.05, 0) is 60.5 Å². The fourth-order valence-electron chi connectivity index (χ4n) is 3.70. The summed E-state index contributed by atoms with van der Waals surface area (Å²) >= 11 is 5.49. The van der Waals surface area contributed by atoms with E-state index in [2.05, 4.69) is 34.9 Å². The zero-order valence-electron chi connectivity index (χ0n) is 14.8. The third kappa shape index (κ3) is 2.64. The maximum absolute atomic E-state index is 10.4. The summed E-state index contributed by atoms with van der Waals surface area (Å²) in [4.78, 5) is 4.20. The van der Waals surface area contributed by atoms with Crippen LogP contribution in [0.4, 0.5) is 11.4 Å². The summed E-state index contributed by atoms with van der Waals surface area (Å²) in [5.74, 6) is 0.143. The Morgan fingerprint density at radius 3 is 2.77 bits per heavy atom. The highest BCUT2D eigenvalue weighted by molar-refractivity contribution is 7.80. The summed E-state index contributed by atoms with van der Waals surface area (Å²) in [6.07, 6.45) is 1.33. The first-order valence-electron chi connectivity index (χ1n) is 8.73. The number of phenols is 2. The molecule has 1 saturated heterocycles. The summed E-state index contributed by atoms with van der Waals surface area (Å²) in [5, 5.41) is 20.9. The van der Waals surface area contributed by atoms with Gasteiger partial charge in [0, 0.05) is 36.6 Å². The van der Waals surface area contributed by atoms with Crippen LogP contribution in [-0.2, 0) is 12.8 Å². The molecule has 1 fully saturated rings. The van der Waals surface area contributed by atoms with Gasteiger partial charge in [0.15, 0.2) is 5.11 Å². The van der Waals surface area contributed by atoms with Crippen molar-refractivity contribution in [2.45, 2.75) is 25.9 Å². The molecule has 2 aromatic rings. The van der Waals surface area contributed by atoms with E-state index in [1.165, 1.54) is 17.3 Å². The molecule has 2 aliphatic rings. The van der Waals surface area contributed by atoms with E-state index in [4.69, 9.17) is 12.2 Å². The third-order valence-corrected chi connectivity index (χ3v) is 5.46. The van der Waals surface area contributed by atoms with Crippen molar-refractivity contribution < 1.29 is 10.2 Å². The van der Waals surface area contributed by atoms with Crippen molar-refractivity contribution >= 4 is 28.7 Å². The standard InChI is InChI=1S/C19H22N4O2S/c1-3-11-9-14(17(25)10-16(11)24)18-20-21-19(26)23(18)13-4-5-15-12(8-13)6-7-22(15)2/h4-5,8-10,18,20,24-25H,3,6-7H2,1-2H3,(H,21,26). The van der Waals surface area contributed by atoms with Crippen molar-refractivity contribution in [1.29, 1.82) is 0 Å². The average Bonchev–Trinajstić information content (AvgIpc) is 3.18. The van der Waals surface area contributed by atoms with Gasteiger partial charge in [-0.1, -0.05) is 6.92 Å². The zero-order chi connectivity index (χ0) is 18.4. The highest BCUT2D eigenvalue weighted by Gasteiger charge is 2.33. The number of aryl methyl sites for hydroxylation is 1. The first-order valence-corrected chi connectivity index (χ1v) is 9.14. The largest absolute Gasteiger partial charge is 0.508 e. The molecule has 26 heavy (non-hydrogen) atoms. The Kier molecular flexibility index (Phi) is 4.13. The lowest BCUT2D eigenvalue weighted by Crippen LogP contribution is -2.29. The number of hydrazine groups is 1.